The van der Waals surface area contributed by atoms with E-state index in [2.05, 4.69) is 17.6 Å². The molecule has 0 radical (unpaired) electrons. The number of amides is 1. The molecule has 4 nitrogen and oxygen atoms in total. The first-order valence-electron chi connectivity index (χ1n) is 6.06. The number of benzene rings is 1. The lowest BCUT2D eigenvalue weighted by Crippen LogP contribution is -2.21. The number of hydrogen-bond acceptors (Lipinski definition) is 3. The van der Waals surface area contributed by atoms with Gasteiger partial charge in [-0.3, -0.25) is 4.79 Å². The summed E-state index contributed by atoms with van der Waals surface area (Å²) in [4.78, 5) is 11.3. The van der Waals surface area contributed by atoms with Gasteiger partial charge < -0.3 is 15.4 Å². The Morgan fingerprint density at radius 1 is 1.41 bits per heavy atom. The maximum Gasteiger partial charge on any atom is 0.224 e. The van der Waals surface area contributed by atoms with E-state index in [1.165, 1.54) is 5.56 Å². The van der Waals surface area contributed by atoms with Crippen LogP contribution in [-0.2, 0) is 11.2 Å². The number of ether oxygens (including phenoxy) is 1. The van der Waals surface area contributed by atoms with Crippen LogP contribution in [-0.4, -0.2) is 25.6 Å². The van der Waals surface area contributed by atoms with Gasteiger partial charge in [-0.2, -0.15) is 0 Å². The average Bonchev–Trinajstić information content (AvgIpc) is 2.34. The fraction of sp³-hybridized carbons (Fsp3) is 0.462. The van der Waals surface area contributed by atoms with Crippen LogP contribution in [0, 0.1) is 0 Å². The van der Waals surface area contributed by atoms with E-state index >= 15 is 0 Å². The third-order valence-electron chi connectivity index (χ3n) is 2.77. The Bertz CT molecular complexity index is 404. The molecule has 92 valence electrons. The van der Waals surface area contributed by atoms with Gasteiger partial charge >= 0.3 is 0 Å². The molecule has 1 aliphatic rings. The highest BCUT2D eigenvalue weighted by molar-refractivity contribution is 5.94. The first-order chi connectivity index (χ1) is 8.29. The number of rotatable bonds is 5. The standard InChI is InChI=1S/C13H18N2O2/c1-2-14-7-8-17-11-5-3-10-4-6-13(16)15-12(10)9-11/h3,5,9,14H,2,4,6-8H2,1H3,(H,15,16). The number of likely N-dealkylation sites (N-methyl/N-ethyl adjacent to an activating group) is 1. The summed E-state index contributed by atoms with van der Waals surface area (Å²) >= 11 is 0. The van der Waals surface area contributed by atoms with Gasteiger partial charge in [0.15, 0.2) is 0 Å². The molecule has 1 aromatic carbocycles. The van der Waals surface area contributed by atoms with Crippen molar-refractivity contribution in [1.82, 2.24) is 5.32 Å². The van der Waals surface area contributed by atoms with E-state index in [1.807, 2.05) is 18.2 Å². The Morgan fingerprint density at radius 2 is 2.29 bits per heavy atom. The van der Waals surface area contributed by atoms with Crippen molar-refractivity contribution in [3.63, 3.8) is 0 Å². The summed E-state index contributed by atoms with van der Waals surface area (Å²) in [6.07, 6.45) is 1.40. The lowest BCUT2D eigenvalue weighted by atomic mass is 10.0. The molecule has 2 N–H and O–H groups in total. The molecule has 0 atom stereocenters. The molecule has 0 unspecified atom stereocenters. The van der Waals surface area contributed by atoms with Crippen LogP contribution < -0.4 is 15.4 Å². The lowest BCUT2D eigenvalue weighted by molar-refractivity contribution is -0.116. The second-order valence-corrected chi connectivity index (χ2v) is 4.07. The largest absolute Gasteiger partial charge is 0.492 e. The van der Waals surface area contributed by atoms with Crippen LogP contribution in [0.4, 0.5) is 5.69 Å². The maximum atomic E-state index is 11.3. The van der Waals surface area contributed by atoms with Crippen molar-refractivity contribution < 1.29 is 9.53 Å². The number of aryl methyl sites for hydroxylation is 1. The molecule has 0 aromatic heterocycles. The number of hydrogen-bond donors (Lipinski definition) is 2. The van der Waals surface area contributed by atoms with Gasteiger partial charge in [0, 0.05) is 24.7 Å². The second-order valence-electron chi connectivity index (χ2n) is 4.07. The number of nitrogens with one attached hydrogen (secondary N) is 2. The van der Waals surface area contributed by atoms with Gasteiger partial charge in [0.1, 0.15) is 12.4 Å². The third-order valence-corrected chi connectivity index (χ3v) is 2.77. The smallest absolute Gasteiger partial charge is 0.224 e. The monoisotopic (exact) mass is 234 g/mol. The fourth-order valence-electron chi connectivity index (χ4n) is 1.86. The summed E-state index contributed by atoms with van der Waals surface area (Å²) in [7, 11) is 0. The van der Waals surface area contributed by atoms with Crippen molar-refractivity contribution in [2.75, 3.05) is 25.0 Å². The van der Waals surface area contributed by atoms with E-state index in [0.29, 0.717) is 13.0 Å². The Hall–Kier alpha value is -1.55. The van der Waals surface area contributed by atoms with Crippen LogP contribution in [0.25, 0.3) is 0 Å². The van der Waals surface area contributed by atoms with E-state index in [1.54, 1.807) is 0 Å². The van der Waals surface area contributed by atoms with Crippen molar-refractivity contribution >= 4 is 11.6 Å². The topological polar surface area (TPSA) is 50.4 Å². The Labute approximate surface area is 101 Å². The molecule has 0 saturated heterocycles. The highest BCUT2D eigenvalue weighted by Gasteiger charge is 2.14. The summed E-state index contributed by atoms with van der Waals surface area (Å²) in [6, 6.07) is 5.89. The summed E-state index contributed by atoms with van der Waals surface area (Å²) in [6.45, 7) is 4.48. The predicted octanol–water partition coefficient (Wildman–Crippen LogP) is 1.56. The van der Waals surface area contributed by atoms with E-state index in [4.69, 9.17) is 4.74 Å². The summed E-state index contributed by atoms with van der Waals surface area (Å²) in [5, 5.41) is 6.06. The summed E-state index contributed by atoms with van der Waals surface area (Å²) in [5.41, 5.74) is 2.07. The first kappa shape index (κ1) is 11.9. The number of carbonyl (C=O) groups is 1. The SMILES string of the molecule is CCNCCOc1ccc2c(c1)NC(=O)CC2. The van der Waals surface area contributed by atoms with Gasteiger partial charge in [0.25, 0.3) is 0 Å². The zero-order valence-corrected chi connectivity index (χ0v) is 10.1. The van der Waals surface area contributed by atoms with E-state index in [0.717, 1.165) is 30.9 Å². The van der Waals surface area contributed by atoms with Gasteiger partial charge in [-0.05, 0) is 24.6 Å². The number of carbonyl (C=O) groups excluding carboxylic acids is 1. The van der Waals surface area contributed by atoms with Crippen LogP contribution in [0.3, 0.4) is 0 Å². The molecule has 1 aromatic rings. The quantitative estimate of drug-likeness (QED) is 0.760. The molecule has 0 aliphatic carbocycles. The van der Waals surface area contributed by atoms with E-state index in [9.17, 15) is 4.79 Å². The molecule has 4 heteroatoms. The molecular weight excluding hydrogens is 216 g/mol. The minimum Gasteiger partial charge on any atom is -0.492 e. The molecule has 1 heterocycles. The number of fused-ring (bicyclic) bond motifs is 1. The van der Waals surface area contributed by atoms with Crippen LogP contribution >= 0.6 is 0 Å². The van der Waals surface area contributed by atoms with Crippen molar-refractivity contribution in [2.45, 2.75) is 19.8 Å². The highest BCUT2D eigenvalue weighted by atomic mass is 16.5. The Kier molecular flexibility index (Phi) is 3.98. The predicted molar refractivity (Wildman–Crippen MR) is 67.4 cm³/mol. The Morgan fingerprint density at radius 3 is 3.12 bits per heavy atom. The zero-order valence-electron chi connectivity index (χ0n) is 10.1. The fourth-order valence-corrected chi connectivity index (χ4v) is 1.86. The third kappa shape index (κ3) is 3.20. The highest BCUT2D eigenvalue weighted by Crippen LogP contribution is 2.26. The molecule has 0 fully saturated rings. The Balaban J connectivity index is 1.95. The summed E-state index contributed by atoms with van der Waals surface area (Å²) < 4.78 is 5.60. The van der Waals surface area contributed by atoms with Crippen LogP contribution in [0.2, 0.25) is 0 Å². The van der Waals surface area contributed by atoms with Crippen molar-refractivity contribution in [3.05, 3.63) is 23.8 Å². The lowest BCUT2D eigenvalue weighted by Gasteiger charge is -2.17. The number of anilines is 1. The van der Waals surface area contributed by atoms with Gasteiger partial charge in [-0.1, -0.05) is 13.0 Å². The van der Waals surface area contributed by atoms with Gasteiger partial charge in [0.2, 0.25) is 5.91 Å². The molecule has 0 bridgehead atoms. The molecule has 0 saturated carbocycles. The zero-order chi connectivity index (χ0) is 12.1. The molecule has 0 spiro atoms. The molecule has 1 amide bonds. The van der Waals surface area contributed by atoms with Gasteiger partial charge in [-0.15, -0.1) is 0 Å². The minimum atomic E-state index is 0.0855. The normalized spacial score (nSPS) is 14.1. The second kappa shape index (κ2) is 5.68. The molecule has 17 heavy (non-hydrogen) atoms. The van der Waals surface area contributed by atoms with Crippen LogP contribution in [0.5, 0.6) is 5.75 Å². The van der Waals surface area contributed by atoms with E-state index < -0.39 is 0 Å². The van der Waals surface area contributed by atoms with Crippen molar-refractivity contribution in [2.24, 2.45) is 0 Å². The molecule has 2 rings (SSSR count). The maximum absolute atomic E-state index is 11.3. The minimum absolute atomic E-state index is 0.0855. The first-order valence-corrected chi connectivity index (χ1v) is 6.06. The van der Waals surface area contributed by atoms with Crippen molar-refractivity contribution in [3.8, 4) is 5.75 Å². The van der Waals surface area contributed by atoms with Crippen LogP contribution in [0.1, 0.15) is 18.9 Å². The van der Waals surface area contributed by atoms with Crippen molar-refractivity contribution in [1.29, 1.82) is 0 Å². The summed E-state index contributed by atoms with van der Waals surface area (Å²) in [5.74, 6) is 0.895. The molecule has 1 aliphatic heterocycles. The van der Waals surface area contributed by atoms with Gasteiger partial charge in [-0.25, -0.2) is 0 Å². The van der Waals surface area contributed by atoms with Crippen LogP contribution in [0.15, 0.2) is 18.2 Å². The molecular formula is C13H18N2O2. The average molecular weight is 234 g/mol. The van der Waals surface area contributed by atoms with E-state index in [-0.39, 0.29) is 5.91 Å². The van der Waals surface area contributed by atoms with Gasteiger partial charge in [0.05, 0.1) is 0 Å².